The van der Waals surface area contributed by atoms with Gasteiger partial charge in [0.1, 0.15) is 11.9 Å². The predicted octanol–water partition coefficient (Wildman–Crippen LogP) is 3.98. The van der Waals surface area contributed by atoms with Gasteiger partial charge in [-0.05, 0) is 29.3 Å². The van der Waals surface area contributed by atoms with Crippen LogP contribution >= 0.6 is 0 Å². The first-order valence-corrected chi connectivity index (χ1v) is 10.7. The number of hydrogen-bond donors (Lipinski definition) is 4. The molecule has 0 bridgehead atoms. The Labute approximate surface area is 199 Å². The minimum absolute atomic E-state index is 0.144. The highest BCUT2D eigenvalue weighted by Gasteiger charge is 2.32. The molecular formula is C26H21FN4O4. The maximum Gasteiger partial charge on any atom is 0.405 e. The molecule has 8 nitrogen and oxygen atoms in total. The topological polar surface area (TPSA) is 124 Å². The van der Waals surface area contributed by atoms with Crippen molar-refractivity contribution in [3.05, 3.63) is 119 Å². The summed E-state index contributed by atoms with van der Waals surface area (Å²) in [6.45, 7) is 0. The Morgan fingerprint density at radius 2 is 1.57 bits per heavy atom. The summed E-state index contributed by atoms with van der Waals surface area (Å²) in [6, 6.07) is 21.0. The van der Waals surface area contributed by atoms with Gasteiger partial charge in [0.25, 0.3) is 0 Å². The number of benzene rings is 3. The maximum atomic E-state index is 14.8. The number of halogens is 1. The van der Waals surface area contributed by atoms with E-state index in [4.69, 9.17) is 0 Å². The van der Waals surface area contributed by atoms with Gasteiger partial charge in [-0.15, -0.1) is 0 Å². The van der Waals surface area contributed by atoms with E-state index in [0.717, 1.165) is 17.2 Å². The summed E-state index contributed by atoms with van der Waals surface area (Å²) >= 11 is 0. The van der Waals surface area contributed by atoms with Crippen LogP contribution in [0.25, 0.3) is 11.1 Å². The number of rotatable bonds is 7. The smallest absolute Gasteiger partial charge is 0.405 e. The molecule has 4 N–H and O–H groups in total. The standard InChI is InChI=1S/C26H21FN4O4/c27-21-13-19(11-12-20(21)18-14-28-25(33)29-15-18)30-24(32)23(31-26(34)35)22(16-7-3-1-4-8-16)17-9-5-2-6-10-17/h1-15,22-23,31H,(H,30,32)(H,34,35)(H,28,29,33)/t23-/m0/s1. The monoisotopic (exact) mass is 472 g/mol. The van der Waals surface area contributed by atoms with Gasteiger partial charge in [0.05, 0.1) is 0 Å². The van der Waals surface area contributed by atoms with Crippen LogP contribution in [0.2, 0.25) is 0 Å². The minimum atomic E-state index is -1.37. The van der Waals surface area contributed by atoms with Crippen molar-refractivity contribution in [2.45, 2.75) is 12.0 Å². The van der Waals surface area contributed by atoms with E-state index in [1.165, 1.54) is 24.5 Å². The van der Waals surface area contributed by atoms with Gasteiger partial charge >= 0.3 is 11.8 Å². The molecule has 0 unspecified atom stereocenters. The summed E-state index contributed by atoms with van der Waals surface area (Å²) in [5.41, 5.74) is 1.60. The Hall–Kier alpha value is -4.79. The molecule has 0 saturated carbocycles. The number of carbonyl (C=O) groups is 2. The molecule has 0 radical (unpaired) electrons. The van der Waals surface area contributed by atoms with E-state index >= 15 is 0 Å². The van der Waals surface area contributed by atoms with Crippen LogP contribution in [-0.4, -0.2) is 33.1 Å². The third-order valence-corrected chi connectivity index (χ3v) is 5.43. The van der Waals surface area contributed by atoms with Gasteiger partial charge in [-0.2, -0.15) is 0 Å². The molecule has 0 aliphatic carbocycles. The van der Waals surface area contributed by atoms with E-state index in [1.807, 2.05) is 36.4 Å². The van der Waals surface area contributed by atoms with Gasteiger partial charge in [0, 0.05) is 35.1 Å². The van der Waals surface area contributed by atoms with Crippen molar-refractivity contribution in [3.63, 3.8) is 0 Å². The van der Waals surface area contributed by atoms with Crippen LogP contribution in [0.1, 0.15) is 17.0 Å². The molecule has 9 heteroatoms. The Morgan fingerprint density at radius 3 is 2.09 bits per heavy atom. The fourth-order valence-electron chi connectivity index (χ4n) is 3.87. The molecule has 176 valence electrons. The summed E-state index contributed by atoms with van der Waals surface area (Å²) in [7, 11) is 0. The number of hydrogen-bond acceptors (Lipinski definition) is 4. The van der Waals surface area contributed by atoms with Crippen molar-refractivity contribution < 1.29 is 19.1 Å². The normalized spacial score (nSPS) is 11.6. The molecule has 0 aliphatic rings. The summed E-state index contributed by atoms with van der Waals surface area (Å²) in [5, 5.41) is 14.4. The lowest BCUT2D eigenvalue weighted by atomic mass is 9.84. The molecule has 0 spiro atoms. The number of H-pyrrole nitrogens is 1. The summed E-state index contributed by atoms with van der Waals surface area (Å²) in [6.07, 6.45) is 1.21. The van der Waals surface area contributed by atoms with E-state index in [-0.39, 0.29) is 11.3 Å². The van der Waals surface area contributed by atoms with Crippen molar-refractivity contribution in [2.24, 2.45) is 0 Å². The van der Waals surface area contributed by atoms with E-state index in [1.54, 1.807) is 24.3 Å². The van der Waals surface area contributed by atoms with Gasteiger partial charge in [0.2, 0.25) is 5.91 Å². The predicted molar refractivity (Wildman–Crippen MR) is 129 cm³/mol. The summed E-state index contributed by atoms with van der Waals surface area (Å²) in [4.78, 5) is 42.1. The lowest BCUT2D eigenvalue weighted by Crippen LogP contribution is -2.47. The second kappa shape index (κ2) is 10.4. The van der Waals surface area contributed by atoms with Crippen LogP contribution in [0.15, 0.2) is 96.1 Å². The molecule has 4 rings (SSSR count). The zero-order valence-corrected chi connectivity index (χ0v) is 18.3. The third kappa shape index (κ3) is 5.59. The van der Waals surface area contributed by atoms with Crippen LogP contribution in [0.4, 0.5) is 14.9 Å². The Kier molecular flexibility index (Phi) is 6.96. The quantitative estimate of drug-likeness (QED) is 0.324. The summed E-state index contributed by atoms with van der Waals surface area (Å²) < 4.78 is 14.8. The first kappa shape index (κ1) is 23.4. The van der Waals surface area contributed by atoms with Crippen LogP contribution in [0, 0.1) is 5.82 Å². The van der Waals surface area contributed by atoms with Crippen molar-refractivity contribution in [3.8, 4) is 11.1 Å². The molecule has 1 atom stereocenters. The largest absolute Gasteiger partial charge is 0.465 e. The number of anilines is 1. The Balaban J connectivity index is 1.66. The second-order valence-corrected chi connectivity index (χ2v) is 7.72. The van der Waals surface area contributed by atoms with E-state index in [9.17, 15) is 23.9 Å². The number of nitrogens with one attached hydrogen (secondary N) is 3. The van der Waals surface area contributed by atoms with E-state index in [2.05, 4.69) is 20.6 Å². The first-order valence-electron chi connectivity index (χ1n) is 10.7. The highest BCUT2D eigenvalue weighted by molar-refractivity contribution is 5.97. The van der Waals surface area contributed by atoms with Gasteiger partial charge in [-0.1, -0.05) is 60.7 Å². The number of amides is 2. The molecular weight excluding hydrogens is 451 g/mol. The van der Waals surface area contributed by atoms with Gasteiger partial charge in [0.15, 0.2) is 0 Å². The van der Waals surface area contributed by atoms with Crippen molar-refractivity contribution in [1.29, 1.82) is 0 Å². The number of carbonyl (C=O) groups excluding carboxylic acids is 1. The van der Waals surface area contributed by atoms with Crippen molar-refractivity contribution >= 4 is 17.7 Å². The summed E-state index contributed by atoms with van der Waals surface area (Å²) in [5.74, 6) is -1.94. The lowest BCUT2D eigenvalue weighted by Gasteiger charge is -2.27. The average Bonchev–Trinajstić information content (AvgIpc) is 2.85. The molecule has 0 saturated heterocycles. The molecule has 4 aromatic rings. The lowest BCUT2D eigenvalue weighted by molar-refractivity contribution is -0.118. The maximum absolute atomic E-state index is 14.8. The number of carboxylic acid groups (broad SMARTS) is 1. The highest BCUT2D eigenvalue weighted by atomic mass is 19.1. The van der Waals surface area contributed by atoms with E-state index < -0.39 is 35.5 Å². The molecule has 1 heterocycles. The first-order chi connectivity index (χ1) is 16.9. The van der Waals surface area contributed by atoms with Crippen LogP contribution in [0.5, 0.6) is 0 Å². The van der Waals surface area contributed by atoms with Crippen LogP contribution in [-0.2, 0) is 4.79 Å². The van der Waals surface area contributed by atoms with Crippen molar-refractivity contribution in [2.75, 3.05) is 5.32 Å². The fraction of sp³-hybridized carbons (Fsp3) is 0.0769. The van der Waals surface area contributed by atoms with Crippen LogP contribution < -0.4 is 16.3 Å². The molecule has 0 fully saturated rings. The third-order valence-electron chi connectivity index (χ3n) is 5.43. The van der Waals surface area contributed by atoms with Crippen molar-refractivity contribution in [1.82, 2.24) is 15.3 Å². The second-order valence-electron chi connectivity index (χ2n) is 7.72. The molecule has 2 amide bonds. The van der Waals surface area contributed by atoms with Gasteiger partial charge < -0.3 is 20.7 Å². The molecule has 0 aliphatic heterocycles. The SMILES string of the molecule is O=C(O)N[C@H](C(=O)Nc1ccc(-c2cnc(=O)[nH]c2)c(F)c1)C(c1ccccc1)c1ccccc1. The minimum Gasteiger partial charge on any atom is -0.465 e. The van der Waals surface area contributed by atoms with Crippen LogP contribution in [0.3, 0.4) is 0 Å². The Bertz CT molecular complexity index is 1330. The number of aromatic nitrogens is 2. The zero-order chi connectivity index (χ0) is 24.8. The number of nitrogens with zero attached hydrogens (tertiary/aromatic N) is 1. The fourth-order valence-corrected chi connectivity index (χ4v) is 3.87. The highest BCUT2D eigenvalue weighted by Crippen LogP contribution is 2.30. The Morgan fingerprint density at radius 1 is 0.943 bits per heavy atom. The molecule has 35 heavy (non-hydrogen) atoms. The average molecular weight is 472 g/mol. The number of aromatic amines is 1. The van der Waals surface area contributed by atoms with Gasteiger partial charge in [-0.3, -0.25) is 4.79 Å². The van der Waals surface area contributed by atoms with Gasteiger partial charge in [-0.25, -0.2) is 19.0 Å². The zero-order valence-electron chi connectivity index (χ0n) is 18.3. The van der Waals surface area contributed by atoms with E-state index in [0.29, 0.717) is 5.56 Å². The molecule has 3 aromatic carbocycles. The molecule has 1 aromatic heterocycles.